The molecular formula is C27H28FNO3S. The first kappa shape index (κ1) is 23.3. The van der Waals surface area contributed by atoms with Gasteiger partial charge in [-0.05, 0) is 48.3 Å². The number of benzene rings is 2. The molecule has 0 fully saturated rings. The highest BCUT2D eigenvalue weighted by Gasteiger charge is 2.41. The Bertz CT molecular complexity index is 1090. The summed E-state index contributed by atoms with van der Waals surface area (Å²) in [5.74, 6) is 0.383. The van der Waals surface area contributed by atoms with Gasteiger partial charge in [-0.15, -0.1) is 0 Å². The highest BCUT2D eigenvalue weighted by molar-refractivity contribution is 7.99. The molecule has 2 atom stereocenters. The lowest BCUT2D eigenvalue weighted by molar-refractivity contribution is -0.138. The summed E-state index contributed by atoms with van der Waals surface area (Å²) >= 11 is 1.70. The second kappa shape index (κ2) is 10.4. The van der Waals surface area contributed by atoms with Gasteiger partial charge in [-0.1, -0.05) is 49.4 Å². The summed E-state index contributed by atoms with van der Waals surface area (Å²) in [6, 6.07) is 16.1. The van der Waals surface area contributed by atoms with Crippen molar-refractivity contribution >= 4 is 23.5 Å². The van der Waals surface area contributed by atoms with Gasteiger partial charge in [0.05, 0.1) is 5.57 Å². The lowest BCUT2D eigenvalue weighted by atomic mass is 9.72. The average Bonchev–Trinajstić information content (AvgIpc) is 2.82. The van der Waals surface area contributed by atoms with Crippen molar-refractivity contribution in [3.63, 3.8) is 0 Å². The molecule has 2 unspecified atom stereocenters. The Balaban J connectivity index is 1.70. The van der Waals surface area contributed by atoms with Gasteiger partial charge in [0.15, 0.2) is 5.78 Å². The van der Waals surface area contributed by atoms with Crippen molar-refractivity contribution in [3.05, 3.63) is 94.1 Å². The fraction of sp³-hybridized carbons (Fsp3) is 0.333. The van der Waals surface area contributed by atoms with Gasteiger partial charge in [0.2, 0.25) is 0 Å². The van der Waals surface area contributed by atoms with E-state index < -0.39 is 11.9 Å². The first-order valence-corrected chi connectivity index (χ1v) is 12.4. The van der Waals surface area contributed by atoms with Crippen LogP contribution in [0.4, 0.5) is 4.39 Å². The van der Waals surface area contributed by atoms with Crippen LogP contribution in [-0.2, 0) is 14.3 Å². The van der Waals surface area contributed by atoms with Crippen LogP contribution in [0.1, 0.15) is 49.7 Å². The Hall–Kier alpha value is -2.86. The van der Waals surface area contributed by atoms with Gasteiger partial charge in [-0.2, -0.15) is 11.8 Å². The number of carbonyl (C=O) groups is 2. The summed E-state index contributed by atoms with van der Waals surface area (Å²) in [7, 11) is 0. The van der Waals surface area contributed by atoms with Crippen LogP contribution in [0.5, 0.6) is 0 Å². The number of ketones is 1. The third kappa shape index (κ3) is 5.06. The van der Waals surface area contributed by atoms with Crippen molar-refractivity contribution in [2.75, 3.05) is 18.1 Å². The molecule has 2 aliphatic rings. The fourth-order valence-corrected chi connectivity index (χ4v) is 5.16. The molecule has 0 radical (unpaired) electrons. The van der Waals surface area contributed by atoms with Gasteiger partial charge in [-0.3, -0.25) is 4.79 Å². The number of dihydropyridines is 1. The molecule has 4 nitrogen and oxygen atoms in total. The van der Waals surface area contributed by atoms with Crippen LogP contribution in [0.25, 0.3) is 0 Å². The number of Topliss-reactive ketones (excluding diaryl/α,β-unsaturated/α-hetero) is 1. The van der Waals surface area contributed by atoms with E-state index in [9.17, 15) is 14.0 Å². The molecule has 1 aliphatic heterocycles. The smallest absolute Gasteiger partial charge is 0.336 e. The number of ether oxygens (including phenoxy) is 1. The lowest BCUT2D eigenvalue weighted by Gasteiger charge is -2.36. The molecule has 4 rings (SSSR count). The van der Waals surface area contributed by atoms with Crippen molar-refractivity contribution in [2.24, 2.45) is 0 Å². The van der Waals surface area contributed by atoms with Gasteiger partial charge in [0.1, 0.15) is 12.4 Å². The Kier molecular flexibility index (Phi) is 7.33. The first-order valence-electron chi connectivity index (χ1n) is 11.3. The maximum Gasteiger partial charge on any atom is 0.336 e. The van der Waals surface area contributed by atoms with E-state index in [1.54, 1.807) is 23.9 Å². The fourth-order valence-electron chi connectivity index (χ4n) is 4.67. The molecule has 1 heterocycles. The molecule has 1 aliphatic carbocycles. The van der Waals surface area contributed by atoms with Crippen LogP contribution in [0.15, 0.2) is 77.1 Å². The van der Waals surface area contributed by atoms with Crippen molar-refractivity contribution in [1.29, 1.82) is 0 Å². The number of halogens is 1. The van der Waals surface area contributed by atoms with Gasteiger partial charge < -0.3 is 10.1 Å². The topological polar surface area (TPSA) is 55.4 Å². The number of allylic oxidation sites excluding steroid dienone is 3. The minimum atomic E-state index is -0.572. The molecule has 0 spiro atoms. The second-order valence-electron chi connectivity index (χ2n) is 8.31. The summed E-state index contributed by atoms with van der Waals surface area (Å²) < 4.78 is 19.2. The van der Waals surface area contributed by atoms with Gasteiger partial charge in [0, 0.05) is 35.1 Å². The maximum absolute atomic E-state index is 13.7. The Morgan fingerprint density at radius 1 is 1.09 bits per heavy atom. The van der Waals surface area contributed by atoms with E-state index >= 15 is 0 Å². The standard InChI is InChI=1S/C27H28FNO3S/c1-3-33-14-13-32-27(31)24-17(2)29-22-15-20(18-7-5-4-6-8-18)16-23(30)26(22)25(24)19-9-11-21(28)12-10-19/h4-12,20,25,29H,3,13-16H2,1-2H3. The number of hydrogen-bond donors (Lipinski definition) is 1. The van der Waals surface area contributed by atoms with E-state index in [-0.39, 0.29) is 17.5 Å². The van der Waals surface area contributed by atoms with Crippen LogP contribution >= 0.6 is 11.8 Å². The van der Waals surface area contributed by atoms with Gasteiger partial charge in [-0.25, -0.2) is 9.18 Å². The number of thioether (sulfide) groups is 1. The summed E-state index contributed by atoms with van der Waals surface area (Å²) in [5, 5.41) is 3.35. The quantitative estimate of drug-likeness (QED) is 0.433. The van der Waals surface area contributed by atoms with Crippen molar-refractivity contribution in [2.45, 2.75) is 38.5 Å². The minimum Gasteiger partial charge on any atom is -0.461 e. The zero-order valence-corrected chi connectivity index (χ0v) is 19.7. The van der Waals surface area contributed by atoms with E-state index in [0.29, 0.717) is 41.9 Å². The summed E-state index contributed by atoms with van der Waals surface area (Å²) in [4.78, 5) is 26.6. The Morgan fingerprint density at radius 3 is 2.52 bits per heavy atom. The zero-order valence-electron chi connectivity index (χ0n) is 18.9. The molecule has 0 aromatic heterocycles. The third-order valence-corrected chi connectivity index (χ3v) is 7.05. The highest BCUT2D eigenvalue weighted by Crippen LogP contribution is 2.45. The molecule has 2 aromatic rings. The van der Waals surface area contributed by atoms with Crippen LogP contribution in [-0.4, -0.2) is 29.9 Å². The molecule has 0 bridgehead atoms. The number of esters is 1. The van der Waals surface area contributed by atoms with Crippen molar-refractivity contribution in [1.82, 2.24) is 5.32 Å². The third-order valence-electron chi connectivity index (χ3n) is 6.19. The maximum atomic E-state index is 13.7. The summed E-state index contributed by atoms with van der Waals surface area (Å²) in [5.41, 5.74) is 4.37. The predicted molar refractivity (Wildman–Crippen MR) is 129 cm³/mol. The molecular weight excluding hydrogens is 437 g/mol. The van der Waals surface area contributed by atoms with E-state index in [1.165, 1.54) is 12.1 Å². The molecule has 6 heteroatoms. The van der Waals surface area contributed by atoms with E-state index in [1.807, 2.05) is 37.3 Å². The van der Waals surface area contributed by atoms with E-state index in [4.69, 9.17) is 4.74 Å². The number of nitrogens with one attached hydrogen (secondary N) is 1. The van der Waals surface area contributed by atoms with E-state index in [2.05, 4.69) is 12.2 Å². The monoisotopic (exact) mass is 465 g/mol. The summed E-state index contributed by atoms with van der Waals surface area (Å²) in [6.07, 6.45) is 1.05. The molecule has 1 N–H and O–H groups in total. The number of rotatable bonds is 7. The van der Waals surface area contributed by atoms with Crippen LogP contribution < -0.4 is 5.32 Å². The van der Waals surface area contributed by atoms with Gasteiger partial charge in [0.25, 0.3) is 0 Å². The molecule has 172 valence electrons. The largest absolute Gasteiger partial charge is 0.461 e. The SMILES string of the molecule is CCSCCOC(=O)C1=C(C)NC2=C(C(=O)CC(c3ccccc3)C2)C1c1ccc(F)cc1. The van der Waals surface area contributed by atoms with Crippen LogP contribution in [0, 0.1) is 5.82 Å². The second-order valence-corrected chi connectivity index (χ2v) is 9.71. The molecule has 0 saturated heterocycles. The van der Waals surface area contributed by atoms with Crippen molar-refractivity contribution < 1.29 is 18.7 Å². The Labute approximate surface area is 198 Å². The predicted octanol–water partition coefficient (Wildman–Crippen LogP) is 5.48. The van der Waals surface area contributed by atoms with Crippen molar-refractivity contribution in [3.8, 4) is 0 Å². The Morgan fingerprint density at radius 2 is 1.82 bits per heavy atom. The summed E-state index contributed by atoms with van der Waals surface area (Å²) in [6.45, 7) is 4.20. The first-order chi connectivity index (χ1) is 16.0. The number of hydrogen-bond acceptors (Lipinski definition) is 5. The minimum absolute atomic E-state index is 0.00580. The lowest BCUT2D eigenvalue weighted by Crippen LogP contribution is -2.36. The average molecular weight is 466 g/mol. The molecule has 33 heavy (non-hydrogen) atoms. The number of carbonyl (C=O) groups excluding carboxylic acids is 2. The molecule has 2 aromatic carbocycles. The van der Waals surface area contributed by atoms with Gasteiger partial charge >= 0.3 is 5.97 Å². The zero-order chi connectivity index (χ0) is 23.4. The normalized spacial score (nSPS) is 20.4. The molecule has 0 saturated carbocycles. The molecule has 0 amide bonds. The van der Waals surface area contributed by atoms with Crippen LogP contribution in [0.3, 0.4) is 0 Å². The highest BCUT2D eigenvalue weighted by atomic mass is 32.2. The van der Waals surface area contributed by atoms with Crippen LogP contribution in [0.2, 0.25) is 0 Å². The van der Waals surface area contributed by atoms with E-state index in [0.717, 1.165) is 22.8 Å².